The standard InChI is InChI=1S/C16H16O5/c1-9(2)5-13(17)11-8-12-14(20-4)6-10(19-3)7-15(12)21-16(11)18/h5-8H,1-4H3. The van der Waals surface area contributed by atoms with Crippen LogP contribution in [0.25, 0.3) is 11.0 Å². The van der Waals surface area contributed by atoms with Crippen LogP contribution in [-0.4, -0.2) is 20.0 Å². The van der Waals surface area contributed by atoms with Gasteiger partial charge in [0, 0.05) is 12.1 Å². The van der Waals surface area contributed by atoms with Gasteiger partial charge in [-0.15, -0.1) is 0 Å². The third-order valence-corrected chi connectivity index (χ3v) is 2.93. The summed E-state index contributed by atoms with van der Waals surface area (Å²) in [5, 5.41) is 0.545. The summed E-state index contributed by atoms with van der Waals surface area (Å²) >= 11 is 0. The molecule has 0 bridgehead atoms. The normalized spacial score (nSPS) is 10.3. The number of hydrogen-bond acceptors (Lipinski definition) is 5. The van der Waals surface area contributed by atoms with Gasteiger partial charge in [0.15, 0.2) is 5.78 Å². The van der Waals surface area contributed by atoms with Crippen molar-refractivity contribution < 1.29 is 18.7 Å². The Balaban J connectivity index is 2.72. The van der Waals surface area contributed by atoms with Crippen LogP contribution in [0.2, 0.25) is 0 Å². The van der Waals surface area contributed by atoms with Crippen LogP contribution < -0.4 is 15.1 Å². The highest BCUT2D eigenvalue weighted by atomic mass is 16.5. The minimum atomic E-state index is -0.680. The highest BCUT2D eigenvalue weighted by Crippen LogP contribution is 2.30. The highest BCUT2D eigenvalue weighted by Gasteiger charge is 2.15. The first-order chi connectivity index (χ1) is 9.96. The molecule has 0 saturated carbocycles. The molecule has 1 heterocycles. The van der Waals surface area contributed by atoms with Crippen molar-refractivity contribution in [2.24, 2.45) is 0 Å². The molecule has 2 aromatic rings. The lowest BCUT2D eigenvalue weighted by Gasteiger charge is -2.08. The van der Waals surface area contributed by atoms with Crippen LogP contribution in [0.3, 0.4) is 0 Å². The zero-order valence-corrected chi connectivity index (χ0v) is 12.4. The Morgan fingerprint density at radius 3 is 2.43 bits per heavy atom. The molecule has 0 aliphatic carbocycles. The van der Waals surface area contributed by atoms with Crippen LogP contribution in [-0.2, 0) is 0 Å². The minimum Gasteiger partial charge on any atom is -0.496 e. The Kier molecular flexibility index (Phi) is 4.12. The fourth-order valence-electron chi connectivity index (χ4n) is 1.96. The lowest BCUT2D eigenvalue weighted by molar-refractivity contribution is 0.104. The van der Waals surface area contributed by atoms with E-state index in [4.69, 9.17) is 13.9 Å². The van der Waals surface area contributed by atoms with Crippen LogP contribution >= 0.6 is 0 Å². The molecule has 0 N–H and O–H groups in total. The van der Waals surface area contributed by atoms with E-state index in [1.165, 1.54) is 26.4 Å². The van der Waals surface area contributed by atoms with Crippen molar-refractivity contribution in [1.82, 2.24) is 0 Å². The van der Waals surface area contributed by atoms with E-state index in [-0.39, 0.29) is 11.3 Å². The van der Waals surface area contributed by atoms with Gasteiger partial charge in [-0.3, -0.25) is 4.79 Å². The third kappa shape index (κ3) is 2.97. The Morgan fingerprint density at radius 2 is 1.86 bits per heavy atom. The predicted octanol–water partition coefficient (Wildman–Crippen LogP) is 2.96. The van der Waals surface area contributed by atoms with Gasteiger partial charge in [0.2, 0.25) is 0 Å². The summed E-state index contributed by atoms with van der Waals surface area (Å²) in [6.45, 7) is 3.57. The molecule has 0 spiro atoms. The zero-order valence-electron chi connectivity index (χ0n) is 12.4. The monoisotopic (exact) mass is 288 g/mol. The molecule has 5 heteroatoms. The molecule has 0 radical (unpaired) electrons. The summed E-state index contributed by atoms with van der Waals surface area (Å²) in [5.74, 6) is 0.591. The van der Waals surface area contributed by atoms with Gasteiger partial charge in [-0.2, -0.15) is 0 Å². The molecule has 2 rings (SSSR count). The van der Waals surface area contributed by atoms with Gasteiger partial charge in [-0.05, 0) is 26.0 Å². The molecule has 0 atom stereocenters. The van der Waals surface area contributed by atoms with E-state index in [0.717, 1.165) is 5.57 Å². The largest absolute Gasteiger partial charge is 0.496 e. The van der Waals surface area contributed by atoms with E-state index < -0.39 is 5.63 Å². The van der Waals surface area contributed by atoms with E-state index in [2.05, 4.69) is 0 Å². The van der Waals surface area contributed by atoms with Crippen molar-refractivity contribution in [3.05, 3.63) is 45.8 Å². The number of allylic oxidation sites excluding steroid dienone is 2. The van der Waals surface area contributed by atoms with E-state index in [0.29, 0.717) is 22.5 Å². The maximum atomic E-state index is 12.0. The lowest BCUT2D eigenvalue weighted by Crippen LogP contribution is -2.12. The summed E-state index contributed by atoms with van der Waals surface area (Å²) in [4.78, 5) is 24.0. The number of rotatable bonds is 4. The van der Waals surface area contributed by atoms with Gasteiger partial charge in [0.05, 0.1) is 19.6 Å². The van der Waals surface area contributed by atoms with Crippen LogP contribution in [0, 0.1) is 0 Å². The van der Waals surface area contributed by atoms with Gasteiger partial charge < -0.3 is 13.9 Å². The fraction of sp³-hybridized carbons (Fsp3) is 0.250. The lowest BCUT2D eigenvalue weighted by atomic mass is 10.1. The van der Waals surface area contributed by atoms with Crippen molar-refractivity contribution in [3.8, 4) is 11.5 Å². The first-order valence-corrected chi connectivity index (χ1v) is 6.35. The SMILES string of the molecule is COc1cc(OC)c2cc(C(=O)C=C(C)C)c(=O)oc2c1. The number of ether oxygens (including phenoxy) is 2. The fourth-order valence-corrected chi connectivity index (χ4v) is 1.96. The number of carbonyl (C=O) groups excluding carboxylic acids is 1. The number of hydrogen-bond donors (Lipinski definition) is 0. The van der Waals surface area contributed by atoms with E-state index in [1.54, 1.807) is 26.0 Å². The van der Waals surface area contributed by atoms with Crippen LogP contribution in [0.5, 0.6) is 11.5 Å². The van der Waals surface area contributed by atoms with Crippen LogP contribution in [0.15, 0.2) is 39.1 Å². The summed E-state index contributed by atoms with van der Waals surface area (Å²) in [6.07, 6.45) is 1.40. The maximum Gasteiger partial charge on any atom is 0.347 e. The summed E-state index contributed by atoms with van der Waals surface area (Å²) < 4.78 is 15.6. The maximum absolute atomic E-state index is 12.0. The average molecular weight is 288 g/mol. The highest BCUT2D eigenvalue weighted by molar-refractivity contribution is 6.06. The summed E-state index contributed by atoms with van der Waals surface area (Å²) in [7, 11) is 3.00. The quantitative estimate of drug-likeness (QED) is 0.491. The number of ketones is 1. The zero-order chi connectivity index (χ0) is 15.6. The molecule has 5 nitrogen and oxygen atoms in total. The molecule has 0 amide bonds. The average Bonchev–Trinajstić information content (AvgIpc) is 2.44. The number of fused-ring (bicyclic) bond motifs is 1. The van der Waals surface area contributed by atoms with E-state index in [9.17, 15) is 9.59 Å². The van der Waals surface area contributed by atoms with Gasteiger partial charge in [0.1, 0.15) is 22.6 Å². The molecule has 110 valence electrons. The van der Waals surface area contributed by atoms with Crippen LogP contribution in [0.1, 0.15) is 24.2 Å². The van der Waals surface area contributed by atoms with Crippen molar-refractivity contribution in [1.29, 1.82) is 0 Å². The van der Waals surface area contributed by atoms with Crippen molar-refractivity contribution >= 4 is 16.8 Å². The predicted molar refractivity (Wildman–Crippen MR) is 79.3 cm³/mol. The molecular weight excluding hydrogens is 272 g/mol. The Hall–Kier alpha value is -2.56. The molecular formula is C16H16O5. The van der Waals surface area contributed by atoms with Gasteiger partial charge in [-0.1, -0.05) is 5.57 Å². The van der Waals surface area contributed by atoms with Crippen LogP contribution in [0.4, 0.5) is 0 Å². The summed E-state index contributed by atoms with van der Waals surface area (Å²) in [5.41, 5.74) is 0.415. The Labute approximate surface area is 121 Å². The smallest absolute Gasteiger partial charge is 0.347 e. The molecule has 0 unspecified atom stereocenters. The summed E-state index contributed by atoms with van der Waals surface area (Å²) in [6, 6.07) is 4.73. The molecule has 21 heavy (non-hydrogen) atoms. The van der Waals surface area contributed by atoms with Gasteiger partial charge in [-0.25, -0.2) is 4.79 Å². The second kappa shape index (κ2) is 5.83. The van der Waals surface area contributed by atoms with E-state index in [1.807, 2.05) is 0 Å². The Morgan fingerprint density at radius 1 is 1.14 bits per heavy atom. The minimum absolute atomic E-state index is 0.0211. The van der Waals surface area contributed by atoms with Crippen molar-refractivity contribution in [3.63, 3.8) is 0 Å². The van der Waals surface area contributed by atoms with Crippen molar-refractivity contribution in [2.75, 3.05) is 14.2 Å². The number of carbonyl (C=O) groups is 1. The molecule has 0 aliphatic heterocycles. The van der Waals surface area contributed by atoms with Gasteiger partial charge >= 0.3 is 5.63 Å². The molecule has 0 fully saturated rings. The molecule has 1 aromatic heterocycles. The first kappa shape index (κ1) is 14.8. The van der Waals surface area contributed by atoms with Gasteiger partial charge in [0.25, 0.3) is 0 Å². The molecule has 0 aliphatic rings. The van der Waals surface area contributed by atoms with Crippen molar-refractivity contribution in [2.45, 2.75) is 13.8 Å². The number of benzene rings is 1. The first-order valence-electron chi connectivity index (χ1n) is 6.35. The Bertz CT molecular complexity index is 779. The van der Waals surface area contributed by atoms with E-state index >= 15 is 0 Å². The topological polar surface area (TPSA) is 65.7 Å². The molecule has 0 saturated heterocycles. The molecule has 1 aromatic carbocycles. The second-order valence-electron chi connectivity index (χ2n) is 4.77. The second-order valence-corrected chi connectivity index (χ2v) is 4.77. The number of methoxy groups -OCH3 is 2. The third-order valence-electron chi connectivity index (χ3n) is 2.93.